The number of ether oxygens (including phenoxy) is 1. The van der Waals surface area contributed by atoms with Gasteiger partial charge in [0.25, 0.3) is 0 Å². The summed E-state index contributed by atoms with van der Waals surface area (Å²) in [4.78, 5) is 6.93. The number of hydrogen-bond acceptors (Lipinski definition) is 3. The Bertz CT molecular complexity index is 653. The molecule has 2 aliphatic rings. The van der Waals surface area contributed by atoms with Crippen LogP contribution < -0.4 is 9.64 Å². The van der Waals surface area contributed by atoms with Gasteiger partial charge in [-0.2, -0.15) is 0 Å². The summed E-state index contributed by atoms with van der Waals surface area (Å²) in [5.41, 5.74) is 4.20. The molecular weight excluding hydrogens is 260 g/mol. The molecule has 0 aliphatic carbocycles. The number of methoxy groups -OCH3 is 1. The van der Waals surface area contributed by atoms with Crippen molar-refractivity contribution in [3.05, 3.63) is 53.9 Å². The number of rotatable bonds is 2. The molecule has 1 saturated heterocycles. The Morgan fingerprint density at radius 2 is 1.90 bits per heavy atom. The van der Waals surface area contributed by atoms with Crippen molar-refractivity contribution in [3.8, 4) is 5.75 Å². The van der Waals surface area contributed by atoms with Gasteiger partial charge in [0.15, 0.2) is 0 Å². The standard InChI is InChI=1S/C18H20N2O/c1-12-16-11-19-10-9-15(16)18-8-7-17(12)20(18)13-3-5-14(21-2)6-4-13/h3-6,9-12,17-18H,7-8H2,1-2H3/t12-,17-,18+/m0/s1. The molecule has 21 heavy (non-hydrogen) atoms. The van der Waals surface area contributed by atoms with E-state index in [1.54, 1.807) is 7.11 Å². The third-order valence-electron chi connectivity index (χ3n) is 5.11. The van der Waals surface area contributed by atoms with Gasteiger partial charge in [-0.05, 0) is 54.3 Å². The van der Waals surface area contributed by atoms with Gasteiger partial charge in [-0.3, -0.25) is 4.98 Å². The lowest BCUT2D eigenvalue weighted by atomic mass is 9.86. The summed E-state index contributed by atoms with van der Waals surface area (Å²) in [7, 11) is 1.71. The minimum atomic E-state index is 0.498. The van der Waals surface area contributed by atoms with Crippen LogP contribution in [0.3, 0.4) is 0 Å². The van der Waals surface area contributed by atoms with E-state index >= 15 is 0 Å². The fraction of sp³-hybridized carbons (Fsp3) is 0.389. The van der Waals surface area contributed by atoms with Gasteiger partial charge in [0.05, 0.1) is 13.2 Å². The number of pyridine rings is 1. The minimum Gasteiger partial charge on any atom is -0.497 e. The summed E-state index contributed by atoms with van der Waals surface area (Å²) < 4.78 is 5.28. The molecule has 4 rings (SSSR count). The van der Waals surface area contributed by atoms with E-state index in [1.807, 2.05) is 6.20 Å². The van der Waals surface area contributed by atoms with Gasteiger partial charge in [0.2, 0.25) is 0 Å². The minimum absolute atomic E-state index is 0.498. The molecule has 3 atom stereocenters. The van der Waals surface area contributed by atoms with Crippen LogP contribution in [0.15, 0.2) is 42.7 Å². The zero-order chi connectivity index (χ0) is 14.4. The monoisotopic (exact) mass is 280 g/mol. The molecule has 1 aromatic carbocycles. The van der Waals surface area contributed by atoms with Gasteiger partial charge in [-0.25, -0.2) is 0 Å². The predicted octanol–water partition coefficient (Wildman–Crippen LogP) is 3.92. The quantitative estimate of drug-likeness (QED) is 0.833. The van der Waals surface area contributed by atoms with E-state index in [0.717, 1.165) is 5.75 Å². The van der Waals surface area contributed by atoms with Crippen molar-refractivity contribution in [1.82, 2.24) is 4.98 Å². The van der Waals surface area contributed by atoms with Gasteiger partial charge in [-0.15, -0.1) is 0 Å². The van der Waals surface area contributed by atoms with Crippen LogP contribution in [-0.4, -0.2) is 18.1 Å². The molecule has 2 aliphatic heterocycles. The number of benzene rings is 1. The van der Waals surface area contributed by atoms with Crippen molar-refractivity contribution in [2.75, 3.05) is 12.0 Å². The van der Waals surface area contributed by atoms with Gasteiger partial charge in [0, 0.05) is 30.0 Å². The molecule has 1 fully saturated rings. The maximum Gasteiger partial charge on any atom is 0.119 e. The Kier molecular flexibility index (Phi) is 2.88. The van der Waals surface area contributed by atoms with Gasteiger partial charge >= 0.3 is 0 Å². The Morgan fingerprint density at radius 3 is 2.67 bits per heavy atom. The van der Waals surface area contributed by atoms with Gasteiger partial charge < -0.3 is 9.64 Å². The highest BCUT2D eigenvalue weighted by Crippen LogP contribution is 2.50. The largest absolute Gasteiger partial charge is 0.497 e. The van der Waals surface area contributed by atoms with Crippen LogP contribution in [-0.2, 0) is 0 Å². The second kappa shape index (κ2) is 4.76. The second-order valence-corrected chi connectivity index (χ2v) is 6.06. The molecule has 0 radical (unpaired) electrons. The summed E-state index contributed by atoms with van der Waals surface area (Å²) >= 11 is 0. The van der Waals surface area contributed by atoms with Crippen LogP contribution >= 0.6 is 0 Å². The number of fused-ring (bicyclic) bond motifs is 4. The number of nitrogens with zero attached hydrogens (tertiary/aromatic N) is 2. The zero-order valence-electron chi connectivity index (χ0n) is 12.5. The summed E-state index contributed by atoms with van der Waals surface area (Å²) in [5.74, 6) is 1.45. The van der Waals surface area contributed by atoms with E-state index in [1.165, 1.54) is 29.7 Å². The fourth-order valence-corrected chi connectivity index (χ4v) is 4.07. The molecule has 3 heteroatoms. The molecule has 0 N–H and O–H groups in total. The maximum atomic E-state index is 5.28. The van der Waals surface area contributed by atoms with Crippen molar-refractivity contribution in [2.45, 2.75) is 37.8 Å². The van der Waals surface area contributed by atoms with Crippen LogP contribution in [0.4, 0.5) is 5.69 Å². The molecule has 0 amide bonds. The molecule has 1 aromatic heterocycles. The van der Waals surface area contributed by atoms with Crippen LogP contribution in [0.1, 0.15) is 42.9 Å². The average molecular weight is 280 g/mol. The Balaban J connectivity index is 1.77. The summed E-state index contributed by atoms with van der Waals surface area (Å²) in [6.07, 6.45) is 6.48. The summed E-state index contributed by atoms with van der Waals surface area (Å²) in [6.45, 7) is 2.34. The van der Waals surface area contributed by atoms with Crippen molar-refractivity contribution in [3.63, 3.8) is 0 Å². The van der Waals surface area contributed by atoms with E-state index in [2.05, 4.69) is 53.3 Å². The van der Waals surface area contributed by atoms with Gasteiger partial charge in [-0.1, -0.05) is 6.92 Å². The van der Waals surface area contributed by atoms with Crippen LogP contribution in [0.25, 0.3) is 0 Å². The number of hydrogen-bond donors (Lipinski definition) is 0. The topological polar surface area (TPSA) is 25.4 Å². The number of aromatic nitrogens is 1. The fourth-order valence-electron chi connectivity index (χ4n) is 4.07. The third kappa shape index (κ3) is 1.84. The average Bonchev–Trinajstić information content (AvgIpc) is 2.93. The molecule has 2 aromatic rings. The van der Waals surface area contributed by atoms with Crippen molar-refractivity contribution < 1.29 is 4.74 Å². The molecule has 0 unspecified atom stereocenters. The lowest BCUT2D eigenvalue weighted by Crippen LogP contribution is -2.39. The highest BCUT2D eigenvalue weighted by molar-refractivity contribution is 5.57. The summed E-state index contributed by atoms with van der Waals surface area (Å²) in [5, 5.41) is 0. The van der Waals surface area contributed by atoms with Crippen molar-refractivity contribution in [1.29, 1.82) is 0 Å². The smallest absolute Gasteiger partial charge is 0.119 e. The lowest BCUT2D eigenvalue weighted by molar-refractivity contribution is 0.414. The Hall–Kier alpha value is -2.03. The molecular formula is C18H20N2O. The number of anilines is 1. The van der Waals surface area contributed by atoms with Crippen LogP contribution in [0, 0.1) is 0 Å². The summed E-state index contributed by atoms with van der Waals surface area (Å²) in [6, 6.07) is 11.8. The first kappa shape index (κ1) is 12.7. The maximum absolute atomic E-state index is 5.28. The molecule has 3 heterocycles. The van der Waals surface area contributed by atoms with E-state index < -0.39 is 0 Å². The van der Waals surface area contributed by atoms with Crippen LogP contribution in [0.5, 0.6) is 5.75 Å². The second-order valence-electron chi connectivity index (χ2n) is 6.06. The first-order valence-electron chi connectivity index (χ1n) is 7.66. The van der Waals surface area contributed by atoms with E-state index in [-0.39, 0.29) is 0 Å². The van der Waals surface area contributed by atoms with Crippen molar-refractivity contribution in [2.24, 2.45) is 0 Å². The molecule has 0 saturated carbocycles. The Morgan fingerprint density at radius 1 is 1.10 bits per heavy atom. The normalized spacial score (nSPS) is 26.6. The first-order chi connectivity index (χ1) is 10.3. The first-order valence-corrected chi connectivity index (χ1v) is 7.66. The SMILES string of the molecule is COc1ccc(N2[C@@H]3CC[C@H]2[C@@H](C)c2cnccc23)cc1. The highest BCUT2D eigenvalue weighted by atomic mass is 16.5. The van der Waals surface area contributed by atoms with E-state index in [4.69, 9.17) is 4.74 Å². The van der Waals surface area contributed by atoms with Crippen LogP contribution in [0.2, 0.25) is 0 Å². The highest BCUT2D eigenvalue weighted by Gasteiger charge is 2.43. The van der Waals surface area contributed by atoms with Gasteiger partial charge in [0.1, 0.15) is 5.75 Å². The lowest BCUT2D eigenvalue weighted by Gasteiger charge is -2.41. The van der Waals surface area contributed by atoms with E-state index in [0.29, 0.717) is 18.0 Å². The molecule has 0 spiro atoms. The zero-order valence-corrected chi connectivity index (χ0v) is 12.5. The molecule has 2 bridgehead atoms. The Labute approximate surface area is 125 Å². The van der Waals surface area contributed by atoms with Crippen molar-refractivity contribution >= 4 is 5.69 Å². The third-order valence-corrected chi connectivity index (χ3v) is 5.11. The molecule has 3 nitrogen and oxygen atoms in total. The predicted molar refractivity (Wildman–Crippen MR) is 83.9 cm³/mol. The molecule has 108 valence electrons. The van der Waals surface area contributed by atoms with E-state index in [9.17, 15) is 0 Å².